The van der Waals surface area contributed by atoms with Gasteiger partial charge in [0, 0.05) is 13.1 Å². The van der Waals surface area contributed by atoms with Gasteiger partial charge in [-0.25, -0.2) is 0 Å². The van der Waals surface area contributed by atoms with Crippen LogP contribution >= 0.6 is 0 Å². The molecule has 2 aromatic rings. The van der Waals surface area contributed by atoms with Gasteiger partial charge in [-0.15, -0.1) is 0 Å². The number of nitrogens with zero attached hydrogens (tertiary/aromatic N) is 4. The third kappa shape index (κ3) is 5.23. The molecule has 9 heteroatoms. The number of aromatic nitrogens is 2. The summed E-state index contributed by atoms with van der Waals surface area (Å²) in [6.45, 7) is 6.01. The second kappa shape index (κ2) is 9.49. The van der Waals surface area contributed by atoms with Crippen molar-refractivity contribution in [1.29, 1.82) is 0 Å². The monoisotopic (exact) mass is 425 g/mol. The van der Waals surface area contributed by atoms with E-state index in [1.54, 1.807) is 0 Å². The molecule has 31 heavy (non-hydrogen) atoms. The maximum atomic E-state index is 12.3. The third-order valence-electron chi connectivity index (χ3n) is 5.60. The van der Waals surface area contributed by atoms with E-state index in [0.29, 0.717) is 24.5 Å². The summed E-state index contributed by atoms with van der Waals surface area (Å²) in [6.07, 6.45) is 3.61. The average Bonchev–Trinajstić information content (AvgIpc) is 3.22. The standard InChI is InChI=1S/C22H31N7O2/c1-2-6-17(23)31-22-26-20(24)19-21(27-22)29(14-18(30)25-19)13-16-8-5-7-15(11-16)12-28-9-3-4-10-28/h5,7-8,11,17H,2-4,6,9-10,12-14,23H2,1H3,(H,25,30)(H2,24,26,27)/t17-/m1/s1. The molecule has 1 aromatic carbocycles. The summed E-state index contributed by atoms with van der Waals surface area (Å²) in [5.41, 5.74) is 14.9. The zero-order chi connectivity index (χ0) is 21.8. The minimum atomic E-state index is -0.503. The highest BCUT2D eigenvalue weighted by atomic mass is 16.5. The van der Waals surface area contributed by atoms with Gasteiger partial charge in [-0.05, 0) is 43.5 Å². The lowest BCUT2D eigenvalue weighted by molar-refractivity contribution is -0.115. The summed E-state index contributed by atoms with van der Waals surface area (Å²) in [7, 11) is 0. The Balaban J connectivity index is 1.55. The van der Waals surface area contributed by atoms with Gasteiger partial charge < -0.3 is 20.7 Å². The zero-order valence-corrected chi connectivity index (χ0v) is 18.0. The third-order valence-corrected chi connectivity index (χ3v) is 5.60. The highest BCUT2D eigenvalue weighted by Gasteiger charge is 2.28. The fourth-order valence-electron chi connectivity index (χ4n) is 4.13. The molecule has 1 aromatic heterocycles. The van der Waals surface area contributed by atoms with Crippen molar-refractivity contribution in [1.82, 2.24) is 14.9 Å². The Bertz CT molecular complexity index is 930. The summed E-state index contributed by atoms with van der Waals surface area (Å²) < 4.78 is 5.65. The largest absolute Gasteiger partial charge is 0.444 e. The SMILES string of the molecule is CCC[C@H](N)Oc1nc(N)c2c(n1)N(Cc1cccc(CN3CCCC3)c1)CC(=O)N2. The van der Waals surface area contributed by atoms with Crippen molar-refractivity contribution in [3.8, 4) is 6.01 Å². The van der Waals surface area contributed by atoms with Gasteiger partial charge in [-0.2, -0.15) is 9.97 Å². The maximum Gasteiger partial charge on any atom is 0.322 e. The van der Waals surface area contributed by atoms with Crippen LogP contribution in [0.3, 0.4) is 0 Å². The predicted octanol–water partition coefficient (Wildman–Crippen LogP) is 2.08. The lowest BCUT2D eigenvalue weighted by Crippen LogP contribution is -2.39. The lowest BCUT2D eigenvalue weighted by atomic mass is 10.1. The predicted molar refractivity (Wildman–Crippen MR) is 121 cm³/mol. The van der Waals surface area contributed by atoms with E-state index in [9.17, 15) is 4.79 Å². The lowest BCUT2D eigenvalue weighted by Gasteiger charge is -2.30. The molecular weight excluding hydrogens is 394 g/mol. The summed E-state index contributed by atoms with van der Waals surface area (Å²) in [5, 5.41) is 2.79. The fourth-order valence-corrected chi connectivity index (χ4v) is 4.13. The van der Waals surface area contributed by atoms with Crippen LogP contribution in [0.25, 0.3) is 0 Å². The molecule has 0 spiro atoms. The summed E-state index contributed by atoms with van der Waals surface area (Å²) in [6, 6.07) is 8.61. The van der Waals surface area contributed by atoms with E-state index in [4.69, 9.17) is 16.2 Å². The number of carbonyl (C=O) groups excluding carboxylic acids is 1. The van der Waals surface area contributed by atoms with Crippen molar-refractivity contribution in [2.45, 2.75) is 51.9 Å². The number of hydrogen-bond acceptors (Lipinski definition) is 8. The first-order valence-corrected chi connectivity index (χ1v) is 11.0. The number of hydrogen-bond donors (Lipinski definition) is 3. The normalized spacial score (nSPS) is 17.4. The van der Waals surface area contributed by atoms with Crippen molar-refractivity contribution in [2.75, 3.05) is 35.6 Å². The van der Waals surface area contributed by atoms with Crippen molar-refractivity contribution in [2.24, 2.45) is 5.73 Å². The highest BCUT2D eigenvalue weighted by molar-refractivity contribution is 6.03. The number of nitrogen functional groups attached to an aromatic ring is 1. The van der Waals surface area contributed by atoms with E-state index in [1.807, 2.05) is 11.8 Å². The van der Waals surface area contributed by atoms with Crippen LogP contribution < -0.4 is 26.4 Å². The quantitative estimate of drug-likeness (QED) is 0.550. The molecule has 9 nitrogen and oxygen atoms in total. The summed E-state index contributed by atoms with van der Waals surface area (Å²) in [4.78, 5) is 25.4. The molecular formula is C22H31N7O2. The maximum absolute atomic E-state index is 12.3. The van der Waals surface area contributed by atoms with Gasteiger partial charge in [0.2, 0.25) is 5.91 Å². The Hall–Kier alpha value is -2.91. The smallest absolute Gasteiger partial charge is 0.322 e. The molecule has 5 N–H and O–H groups in total. The molecule has 2 aliphatic rings. The van der Waals surface area contributed by atoms with E-state index in [2.05, 4.69) is 44.5 Å². The molecule has 2 aliphatic heterocycles. The Kier molecular flexibility index (Phi) is 6.53. The first kappa shape index (κ1) is 21.3. The Morgan fingerprint density at radius 1 is 1.19 bits per heavy atom. The van der Waals surface area contributed by atoms with Crippen molar-refractivity contribution >= 4 is 23.2 Å². The van der Waals surface area contributed by atoms with Gasteiger partial charge in [0.15, 0.2) is 17.9 Å². The second-order valence-electron chi connectivity index (χ2n) is 8.24. The number of nitrogens with one attached hydrogen (secondary N) is 1. The van der Waals surface area contributed by atoms with Crippen LogP contribution in [0.5, 0.6) is 6.01 Å². The first-order valence-electron chi connectivity index (χ1n) is 11.0. The summed E-state index contributed by atoms with van der Waals surface area (Å²) in [5.74, 6) is 0.577. The molecule has 0 bridgehead atoms. The number of carbonyl (C=O) groups is 1. The number of benzene rings is 1. The van der Waals surface area contributed by atoms with Gasteiger partial charge in [0.1, 0.15) is 5.69 Å². The van der Waals surface area contributed by atoms with Crippen LogP contribution in [0, 0.1) is 0 Å². The Morgan fingerprint density at radius 2 is 1.94 bits per heavy atom. The molecule has 1 saturated heterocycles. The van der Waals surface area contributed by atoms with Gasteiger partial charge in [-0.3, -0.25) is 15.4 Å². The van der Waals surface area contributed by atoms with E-state index in [0.717, 1.165) is 31.6 Å². The number of nitrogens with two attached hydrogens (primary N) is 2. The van der Waals surface area contributed by atoms with E-state index in [1.165, 1.54) is 18.4 Å². The molecule has 3 heterocycles. The summed E-state index contributed by atoms with van der Waals surface area (Å²) >= 11 is 0. The van der Waals surface area contributed by atoms with Crippen molar-refractivity contribution in [3.63, 3.8) is 0 Å². The van der Waals surface area contributed by atoms with Crippen molar-refractivity contribution in [3.05, 3.63) is 35.4 Å². The van der Waals surface area contributed by atoms with Crippen LogP contribution in [0.1, 0.15) is 43.7 Å². The number of ether oxygens (including phenoxy) is 1. The molecule has 0 aliphatic carbocycles. The highest BCUT2D eigenvalue weighted by Crippen LogP contribution is 2.34. The van der Waals surface area contributed by atoms with Crippen molar-refractivity contribution < 1.29 is 9.53 Å². The molecule has 1 atom stereocenters. The zero-order valence-electron chi connectivity index (χ0n) is 18.0. The average molecular weight is 426 g/mol. The first-order chi connectivity index (χ1) is 15.0. The molecule has 1 fully saturated rings. The van der Waals surface area contributed by atoms with Gasteiger partial charge in [0.25, 0.3) is 0 Å². The molecule has 166 valence electrons. The number of likely N-dealkylation sites (tertiary alicyclic amines) is 1. The molecule has 0 radical (unpaired) electrons. The van der Waals surface area contributed by atoms with E-state index < -0.39 is 6.23 Å². The Morgan fingerprint density at radius 3 is 2.68 bits per heavy atom. The van der Waals surface area contributed by atoms with Gasteiger partial charge in [-0.1, -0.05) is 37.6 Å². The van der Waals surface area contributed by atoms with Crippen LogP contribution in [0.2, 0.25) is 0 Å². The number of rotatable bonds is 8. The molecule has 0 unspecified atom stereocenters. The van der Waals surface area contributed by atoms with Crippen LogP contribution in [-0.2, 0) is 17.9 Å². The topological polar surface area (TPSA) is 123 Å². The number of amides is 1. The van der Waals surface area contributed by atoms with E-state index >= 15 is 0 Å². The number of anilines is 3. The second-order valence-corrected chi connectivity index (χ2v) is 8.24. The molecule has 0 saturated carbocycles. The minimum Gasteiger partial charge on any atom is -0.444 e. The van der Waals surface area contributed by atoms with E-state index in [-0.39, 0.29) is 24.3 Å². The molecule has 1 amide bonds. The van der Waals surface area contributed by atoms with Crippen LogP contribution in [0.15, 0.2) is 24.3 Å². The number of fused-ring (bicyclic) bond motifs is 1. The van der Waals surface area contributed by atoms with Crippen LogP contribution in [0.4, 0.5) is 17.3 Å². The van der Waals surface area contributed by atoms with Crippen LogP contribution in [-0.4, -0.2) is 46.6 Å². The van der Waals surface area contributed by atoms with Gasteiger partial charge >= 0.3 is 6.01 Å². The minimum absolute atomic E-state index is 0.126. The molecule has 4 rings (SSSR count). The van der Waals surface area contributed by atoms with Gasteiger partial charge in [0.05, 0.1) is 6.54 Å². The Labute approximate surface area is 182 Å². The fraction of sp³-hybridized carbons (Fsp3) is 0.500.